The van der Waals surface area contributed by atoms with E-state index in [1.165, 1.54) is 6.07 Å². The summed E-state index contributed by atoms with van der Waals surface area (Å²) in [6.07, 6.45) is 0. The molecule has 0 aliphatic rings. The molecule has 2 aromatic rings. The first-order valence-electron chi connectivity index (χ1n) is 5.77. The van der Waals surface area contributed by atoms with Crippen LogP contribution < -0.4 is 5.56 Å². The monoisotopic (exact) mass is 265 g/mol. The number of fused-ring (bicyclic) bond motifs is 1. The Hall–Kier alpha value is -1.62. The van der Waals surface area contributed by atoms with E-state index in [1.54, 1.807) is 4.57 Å². The standard InChI is InChI=1S/C13H15NO3S/c1-7(2)6-14-8(3)4-10-9(12(14)15)5-11(18-10)13(16)17/h4-5,7H,6H2,1-3H3,(H,16,17). The van der Waals surface area contributed by atoms with Gasteiger partial charge < -0.3 is 9.67 Å². The number of aromatic carboxylic acids is 1. The Morgan fingerprint density at radius 1 is 1.44 bits per heavy atom. The highest BCUT2D eigenvalue weighted by molar-refractivity contribution is 7.20. The molecule has 96 valence electrons. The van der Waals surface area contributed by atoms with E-state index in [0.717, 1.165) is 21.7 Å². The number of rotatable bonds is 3. The highest BCUT2D eigenvalue weighted by Gasteiger charge is 2.14. The van der Waals surface area contributed by atoms with Crippen LogP contribution in [0.3, 0.4) is 0 Å². The largest absolute Gasteiger partial charge is 0.477 e. The summed E-state index contributed by atoms with van der Waals surface area (Å²) in [5.41, 5.74) is 0.780. The second kappa shape index (κ2) is 4.57. The van der Waals surface area contributed by atoms with Gasteiger partial charge in [-0.3, -0.25) is 4.79 Å². The molecule has 2 aromatic heterocycles. The Bertz CT molecular complexity index is 667. The molecule has 0 saturated heterocycles. The van der Waals surface area contributed by atoms with Crippen molar-refractivity contribution in [3.05, 3.63) is 33.1 Å². The molecule has 2 rings (SSSR count). The molecular weight excluding hydrogens is 250 g/mol. The van der Waals surface area contributed by atoms with E-state index >= 15 is 0 Å². The summed E-state index contributed by atoms with van der Waals surface area (Å²) in [4.78, 5) is 23.4. The Morgan fingerprint density at radius 3 is 2.67 bits per heavy atom. The molecule has 0 aliphatic heterocycles. The normalized spacial score (nSPS) is 11.3. The summed E-state index contributed by atoms with van der Waals surface area (Å²) in [5.74, 6) is -0.611. The van der Waals surface area contributed by atoms with Crippen LogP contribution in [0.5, 0.6) is 0 Å². The quantitative estimate of drug-likeness (QED) is 0.928. The van der Waals surface area contributed by atoms with Gasteiger partial charge in [-0.05, 0) is 25.0 Å². The molecule has 0 fully saturated rings. The lowest BCUT2D eigenvalue weighted by Gasteiger charge is -2.12. The van der Waals surface area contributed by atoms with Crippen LogP contribution in [0, 0.1) is 12.8 Å². The number of thiophene rings is 1. The van der Waals surface area contributed by atoms with Crippen LogP contribution in [0.4, 0.5) is 0 Å². The van der Waals surface area contributed by atoms with Gasteiger partial charge in [0, 0.05) is 16.9 Å². The van der Waals surface area contributed by atoms with Gasteiger partial charge in [0.25, 0.3) is 5.56 Å². The molecule has 18 heavy (non-hydrogen) atoms. The van der Waals surface area contributed by atoms with Crippen molar-refractivity contribution in [1.82, 2.24) is 4.57 Å². The van der Waals surface area contributed by atoms with E-state index in [2.05, 4.69) is 0 Å². The fourth-order valence-electron chi connectivity index (χ4n) is 1.95. The van der Waals surface area contributed by atoms with Gasteiger partial charge in [-0.15, -0.1) is 11.3 Å². The van der Waals surface area contributed by atoms with Crippen molar-refractivity contribution >= 4 is 27.4 Å². The van der Waals surface area contributed by atoms with Crippen LogP contribution >= 0.6 is 11.3 Å². The van der Waals surface area contributed by atoms with Gasteiger partial charge >= 0.3 is 5.97 Å². The van der Waals surface area contributed by atoms with Gasteiger partial charge in [-0.2, -0.15) is 0 Å². The minimum absolute atomic E-state index is 0.0950. The molecule has 0 aliphatic carbocycles. The molecule has 0 radical (unpaired) electrons. The van der Waals surface area contributed by atoms with E-state index in [1.807, 2.05) is 26.8 Å². The molecule has 0 aromatic carbocycles. The number of hydrogen-bond donors (Lipinski definition) is 1. The molecule has 1 N–H and O–H groups in total. The van der Waals surface area contributed by atoms with E-state index in [9.17, 15) is 9.59 Å². The smallest absolute Gasteiger partial charge is 0.345 e. The van der Waals surface area contributed by atoms with Crippen molar-refractivity contribution in [3.8, 4) is 0 Å². The number of carboxylic acid groups (broad SMARTS) is 1. The summed E-state index contributed by atoms with van der Waals surface area (Å²) in [6, 6.07) is 3.36. The van der Waals surface area contributed by atoms with Crippen LogP contribution in [-0.2, 0) is 6.54 Å². The number of hydrogen-bond acceptors (Lipinski definition) is 3. The van der Waals surface area contributed by atoms with Crippen LogP contribution in [0.2, 0.25) is 0 Å². The van der Waals surface area contributed by atoms with Crippen molar-refractivity contribution in [3.63, 3.8) is 0 Å². The first kappa shape index (κ1) is 12.8. The van der Waals surface area contributed by atoms with Crippen LogP contribution in [0.25, 0.3) is 10.1 Å². The zero-order chi connectivity index (χ0) is 13.4. The Kier molecular flexibility index (Phi) is 3.26. The molecule has 4 nitrogen and oxygen atoms in total. The third-order valence-electron chi connectivity index (χ3n) is 2.76. The maximum Gasteiger partial charge on any atom is 0.345 e. The molecule has 0 unspecified atom stereocenters. The Labute approximate surface area is 108 Å². The van der Waals surface area contributed by atoms with E-state index < -0.39 is 5.97 Å². The minimum Gasteiger partial charge on any atom is -0.477 e. The summed E-state index contributed by atoms with van der Waals surface area (Å²) in [5, 5.41) is 9.47. The number of aryl methyl sites for hydroxylation is 1. The number of pyridine rings is 1. The highest BCUT2D eigenvalue weighted by atomic mass is 32.1. The number of carbonyl (C=O) groups is 1. The van der Waals surface area contributed by atoms with Crippen LogP contribution in [0.1, 0.15) is 29.2 Å². The highest BCUT2D eigenvalue weighted by Crippen LogP contribution is 2.24. The fraction of sp³-hybridized carbons (Fsp3) is 0.385. The lowest BCUT2D eigenvalue weighted by Crippen LogP contribution is -2.24. The molecule has 0 saturated carbocycles. The maximum absolute atomic E-state index is 12.3. The predicted octanol–water partition coefficient (Wildman–Crippen LogP) is 2.73. The van der Waals surface area contributed by atoms with Gasteiger partial charge in [0.1, 0.15) is 4.88 Å². The van der Waals surface area contributed by atoms with Gasteiger partial charge in [-0.25, -0.2) is 4.79 Å². The number of aromatic nitrogens is 1. The summed E-state index contributed by atoms with van der Waals surface area (Å²) in [7, 11) is 0. The van der Waals surface area contributed by atoms with E-state index in [-0.39, 0.29) is 10.4 Å². The molecule has 0 amide bonds. The van der Waals surface area contributed by atoms with Crippen LogP contribution in [-0.4, -0.2) is 15.6 Å². The second-order valence-corrected chi connectivity index (χ2v) is 5.87. The summed E-state index contributed by atoms with van der Waals surface area (Å²) in [6.45, 7) is 6.63. The van der Waals surface area contributed by atoms with Crippen molar-refractivity contribution < 1.29 is 9.90 Å². The summed E-state index contributed by atoms with van der Waals surface area (Å²) < 4.78 is 2.46. The first-order chi connectivity index (χ1) is 8.40. The average Bonchev–Trinajstić information content (AvgIpc) is 2.68. The van der Waals surface area contributed by atoms with Gasteiger partial charge in [0.2, 0.25) is 0 Å². The maximum atomic E-state index is 12.3. The van der Waals surface area contributed by atoms with Crippen molar-refractivity contribution in [1.29, 1.82) is 0 Å². The third-order valence-corrected chi connectivity index (χ3v) is 3.83. The third kappa shape index (κ3) is 2.18. The van der Waals surface area contributed by atoms with Crippen molar-refractivity contribution in [2.45, 2.75) is 27.3 Å². The average molecular weight is 265 g/mol. The zero-order valence-electron chi connectivity index (χ0n) is 10.6. The van der Waals surface area contributed by atoms with Gasteiger partial charge in [0.15, 0.2) is 0 Å². The SMILES string of the molecule is Cc1cc2sc(C(=O)O)cc2c(=O)n1CC(C)C. The number of carboxylic acids is 1. The molecule has 2 heterocycles. The van der Waals surface area contributed by atoms with Crippen molar-refractivity contribution in [2.24, 2.45) is 5.92 Å². The Balaban J connectivity index is 2.69. The molecule has 0 atom stereocenters. The zero-order valence-corrected chi connectivity index (χ0v) is 11.4. The Morgan fingerprint density at radius 2 is 2.11 bits per heavy atom. The molecule has 0 bridgehead atoms. The van der Waals surface area contributed by atoms with E-state index in [0.29, 0.717) is 17.8 Å². The first-order valence-corrected chi connectivity index (χ1v) is 6.59. The number of nitrogens with zero attached hydrogens (tertiary/aromatic N) is 1. The lowest BCUT2D eigenvalue weighted by molar-refractivity contribution is 0.0702. The second-order valence-electron chi connectivity index (χ2n) is 4.79. The predicted molar refractivity (Wildman–Crippen MR) is 72.6 cm³/mol. The fourth-order valence-corrected chi connectivity index (χ4v) is 2.94. The van der Waals surface area contributed by atoms with Gasteiger partial charge in [0.05, 0.1) is 5.39 Å². The van der Waals surface area contributed by atoms with Crippen molar-refractivity contribution in [2.75, 3.05) is 0 Å². The van der Waals surface area contributed by atoms with Crippen LogP contribution in [0.15, 0.2) is 16.9 Å². The lowest BCUT2D eigenvalue weighted by atomic mass is 10.2. The van der Waals surface area contributed by atoms with E-state index in [4.69, 9.17) is 5.11 Å². The molecular formula is C13H15NO3S. The molecule has 0 spiro atoms. The van der Waals surface area contributed by atoms with Gasteiger partial charge in [-0.1, -0.05) is 13.8 Å². The molecule has 5 heteroatoms. The summed E-state index contributed by atoms with van der Waals surface area (Å²) >= 11 is 1.15. The minimum atomic E-state index is -0.983. The topological polar surface area (TPSA) is 59.3 Å².